The third-order valence-electron chi connectivity index (χ3n) is 2.82. The fraction of sp³-hybridized carbons (Fsp3) is 0.500. The van der Waals surface area contributed by atoms with E-state index >= 15 is 0 Å². The van der Waals surface area contributed by atoms with E-state index in [2.05, 4.69) is 15.9 Å². The molecule has 0 radical (unpaired) electrons. The van der Waals surface area contributed by atoms with Crippen LogP contribution in [-0.4, -0.2) is 16.1 Å². The number of hydrogen-bond acceptors (Lipinski definition) is 4. The highest BCUT2D eigenvalue weighted by Gasteiger charge is 2.20. The summed E-state index contributed by atoms with van der Waals surface area (Å²) in [6, 6.07) is 4.09. The molecule has 0 spiro atoms. The molecule has 0 aliphatic rings. The number of hydrogen-bond donors (Lipinski definition) is 2. The van der Waals surface area contributed by atoms with E-state index in [1.54, 1.807) is 12.1 Å². The highest BCUT2D eigenvalue weighted by Crippen LogP contribution is 2.29. The first-order chi connectivity index (χ1) is 8.47. The standard InChI is InChI=1S/C12H17BrN2O3/c1-2-3-4-11(16)12(14)8-5-6-9(13)10(7-8)15(17)18/h5-7,11-12,16H,2-4,14H2,1H3/t11-,12+/m1/s1. The number of aliphatic hydroxyl groups excluding tert-OH is 1. The smallest absolute Gasteiger partial charge is 0.283 e. The number of nitrogens with two attached hydrogens (primary N) is 1. The second-order valence-electron chi connectivity index (χ2n) is 4.20. The summed E-state index contributed by atoms with van der Waals surface area (Å²) in [5.74, 6) is 0. The van der Waals surface area contributed by atoms with Crippen LogP contribution in [0.3, 0.4) is 0 Å². The molecule has 0 fully saturated rings. The molecule has 0 saturated heterocycles. The molecule has 1 aromatic carbocycles. The Morgan fingerprint density at radius 3 is 2.78 bits per heavy atom. The third-order valence-corrected chi connectivity index (χ3v) is 3.49. The Morgan fingerprint density at radius 1 is 1.56 bits per heavy atom. The monoisotopic (exact) mass is 316 g/mol. The van der Waals surface area contributed by atoms with Gasteiger partial charge < -0.3 is 10.8 Å². The van der Waals surface area contributed by atoms with Gasteiger partial charge in [-0.15, -0.1) is 0 Å². The van der Waals surface area contributed by atoms with Gasteiger partial charge in [0.2, 0.25) is 0 Å². The van der Waals surface area contributed by atoms with Crippen molar-refractivity contribution in [3.63, 3.8) is 0 Å². The fourth-order valence-corrected chi connectivity index (χ4v) is 2.08. The molecule has 3 N–H and O–H groups in total. The van der Waals surface area contributed by atoms with Crippen LogP contribution in [-0.2, 0) is 0 Å². The van der Waals surface area contributed by atoms with E-state index in [-0.39, 0.29) is 5.69 Å². The zero-order chi connectivity index (χ0) is 13.7. The van der Waals surface area contributed by atoms with Crippen LogP contribution >= 0.6 is 15.9 Å². The Kier molecular flexibility index (Phi) is 5.71. The van der Waals surface area contributed by atoms with Crippen LogP contribution in [0.5, 0.6) is 0 Å². The number of nitro groups is 1. The van der Waals surface area contributed by atoms with Gasteiger partial charge in [0, 0.05) is 6.07 Å². The van der Waals surface area contributed by atoms with E-state index in [0.29, 0.717) is 16.5 Å². The van der Waals surface area contributed by atoms with Crippen molar-refractivity contribution in [1.82, 2.24) is 0 Å². The van der Waals surface area contributed by atoms with Crippen molar-refractivity contribution in [2.75, 3.05) is 0 Å². The number of rotatable bonds is 6. The lowest BCUT2D eigenvalue weighted by molar-refractivity contribution is -0.385. The highest BCUT2D eigenvalue weighted by molar-refractivity contribution is 9.10. The van der Waals surface area contributed by atoms with Gasteiger partial charge in [-0.1, -0.05) is 25.8 Å². The highest BCUT2D eigenvalue weighted by atomic mass is 79.9. The van der Waals surface area contributed by atoms with Crippen LogP contribution < -0.4 is 5.73 Å². The maximum absolute atomic E-state index is 10.8. The Balaban J connectivity index is 2.89. The second-order valence-corrected chi connectivity index (χ2v) is 5.06. The van der Waals surface area contributed by atoms with Crippen molar-refractivity contribution >= 4 is 21.6 Å². The molecule has 0 aliphatic carbocycles. The van der Waals surface area contributed by atoms with Crippen molar-refractivity contribution < 1.29 is 10.0 Å². The first-order valence-electron chi connectivity index (χ1n) is 5.84. The fourth-order valence-electron chi connectivity index (χ4n) is 1.69. The van der Waals surface area contributed by atoms with E-state index < -0.39 is 17.1 Å². The summed E-state index contributed by atoms with van der Waals surface area (Å²) in [6.07, 6.45) is 1.78. The SMILES string of the molecule is CCCC[C@@H](O)[C@@H](N)c1ccc(Br)c([N+](=O)[O-])c1. The molecule has 6 heteroatoms. The van der Waals surface area contributed by atoms with Crippen molar-refractivity contribution in [3.05, 3.63) is 38.3 Å². The van der Waals surface area contributed by atoms with E-state index in [1.807, 2.05) is 6.92 Å². The topological polar surface area (TPSA) is 89.4 Å². The summed E-state index contributed by atoms with van der Waals surface area (Å²) in [7, 11) is 0. The molecular formula is C12H17BrN2O3. The van der Waals surface area contributed by atoms with Gasteiger partial charge in [-0.2, -0.15) is 0 Å². The summed E-state index contributed by atoms with van der Waals surface area (Å²) in [4.78, 5) is 10.3. The summed E-state index contributed by atoms with van der Waals surface area (Å²) >= 11 is 3.11. The molecule has 0 amide bonds. The summed E-state index contributed by atoms with van der Waals surface area (Å²) < 4.78 is 0.409. The molecule has 5 nitrogen and oxygen atoms in total. The first kappa shape index (κ1) is 15.1. The number of halogens is 1. The predicted octanol–water partition coefficient (Wildman–Crippen LogP) is 2.91. The van der Waals surface area contributed by atoms with E-state index in [1.165, 1.54) is 6.07 Å². The lowest BCUT2D eigenvalue weighted by atomic mass is 9.98. The average Bonchev–Trinajstić information content (AvgIpc) is 2.35. The molecular weight excluding hydrogens is 300 g/mol. The van der Waals surface area contributed by atoms with Gasteiger partial charge in [0.15, 0.2) is 0 Å². The van der Waals surface area contributed by atoms with Gasteiger partial charge in [0.25, 0.3) is 5.69 Å². The molecule has 100 valence electrons. The van der Waals surface area contributed by atoms with Gasteiger partial charge in [0.1, 0.15) is 0 Å². The molecule has 2 atom stereocenters. The van der Waals surface area contributed by atoms with E-state index in [0.717, 1.165) is 12.8 Å². The van der Waals surface area contributed by atoms with Gasteiger partial charge >= 0.3 is 0 Å². The van der Waals surface area contributed by atoms with Crippen LogP contribution in [0, 0.1) is 10.1 Å². The van der Waals surface area contributed by atoms with Crippen LogP contribution in [0.1, 0.15) is 37.8 Å². The van der Waals surface area contributed by atoms with Crippen molar-refractivity contribution in [1.29, 1.82) is 0 Å². The largest absolute Gasteiger partial charge is 0.391 e. The van der Waals surface area contributed by atoms with Gasteiger partial charge in [-0.05, 0) is 34.0 Å². The number of unbranched alkanes of at least 4 members (excludes halogenated alkanes) is 1. The summed E-state index contributed by atoms with van der Waals surface area (Å²) in [5, 5.41) is 20.7. The molecule has 1 aromatic rings. The molecule has 0 heterocycles. The number of benzene rings is 1. The van der Waals surface area contributed by atoms with E-state index in [4.69, 9.17) is 5.73 Å². The van der Waals surface area contributed by atoms with E-state index in [9.17, 15) is 15.2 Å². The quantitative estimate of drug-likeness (QED) is 0.623. The Labute approximate surface area is 114 Å². The summed E-state index contributed by atoms with van der Waals surface area (Å²) in [5.41, 5.74) is 6.45. The van der Waals surface area contributed by atoms with Crippen LogP contribution in [0.4, 0.5) is 5.69 Å². The van der Waals surface area contributed by atoms with Gasteiger partial charge in [-0.25, -0.2) is 0 Å². The summed E-state index contributed by atoms with van der Waals surface area (Å²) in [6.45, 7) is 2.03. The maximum atomic E-state index is 10.8. The number of nitrogens with zero attached hydrogens (tertiary/aromatic N) is 1. The Morgan fingerprint density at radius 2 is 2.22 bits per heavy atom. The number of aliphatic hydroxyl groups is 1. The normalized spacial score (nSPS) is 14.2. The van der Waals surface area contributed by atoms with Crippen molar-refractivity contribution in [3.8, 4) is 0 Å². The van der Waals surface area contributed by atoms with Crippen molar-refractivity contribution in [2.45, 2.75) is 38.3 Å². The Hall–Kier alpha value is -0.980. The van der Waals surface area contributed by atoms with Gasteiger partial charge in [0.05, 0.1) is 21.5 Å². The van der Waals surface area contributed by atoms with Crippen LogP contribution in [0.2, 0.25) is 0 Å². The molecule has 0 unspecified atom stereocenters. The minimum atomic E-state index is -0.675. The average molecular weight is 317 g/mol. The zero-order valence-corrected chi connectivity index (χ0v) is 11.8. The van der Waals surface area contributed by atoms with Crippen molar-refractivity contribution in [2.24, 2.45) is 5.73 Å². The third kappa shape index (κ3) is 3.76. The van der Waals surface area contributed by atoms with Crippen LogP contribution in [0.15, 0.2) is 22.7 Å². The lowest BCUT2D eigenvalue weighted by Gasteiger charge is -2.19. The Bertz CT molecular complexity index is 426. The molecule has 0 saturated carbocycles. The lowest BCUT2D eigenvalue weighted by Crippen LogP contribution is -2.26. The molecule has 0 aliphatic heterocycles. The first-order valence-corrected chi connectivity index (χ1v) is 6.64. The minimum Gasteiger partial charge on any atom is -0.391 e. The zero-order valence-electron chi connectivity index (χ0n) is 10.2. The van der Waals surface area contributed by atoms with Crippen LogP contribution in [0.25, 0.3) is 0 Å². The number of nitro benzene ring substituents is 1. The molecule has 0 aromatic heterocycles. The minimum absolute atomic E-state index is 0.0364. The maximum Gasteiger partial charge on any atom is 0.283 e. The molecule has 0 bridgehead atoms. The molecule has 1 rings (SSSR count). The second kappa shape index (κ2) is 6.82. The predicted molar refractivity (Wildman–Crippen MR) is 73.3 cm³/mol. The van der Waals surface area contributed by atoms with Gasteiger partial charge in [-0.3, -0.25) is 10.1 Å². The molecule has 18 heavy (non-hydrogen) atoms.